The SMILES string of the molecule is COc1cc(CC(=O)Nc2ccc(C(=O)NC(C)C(=O)O)cc2)ccc1C. The Labute approximate surface area is 157 Å². The molecule has 0 spiro atoms. The minimum atomic E-state index is -1.11. The Kier molecular flexibility index (Phi) is 6.54. The lowest BCUT2D eigenvalue weighted by atomic mass is 10.1. The number of anilines is 1. The topological polar surface area (TPSA) is 105 Å². The second-order valence-electron chi connectivity index (χ2n) is 6.14. The first-order chi connectivity index (χ1) is 12.8. The van der Waals surface area contributed by atoms with Gasteiger partial charge in [-0.2, -0.15) is 0 Å². The van der Waals surface area contributed by atoms with Gasteiger partial charge in [0.25, 0.3) is 5.91 Å². The lowest BCUT2D eigenvalue weighted by Gasteiger charge is -2.10. The quantitative estimate of drug-likeness (QED) is 0.694. The number of rotatable bonds is 7. The van der Waals surface area contributed by atoms with Crippen molar-refractivity contribution < 1.29 is 24.2 Å². The van der Waals surface area contributed by atoms with Gasteiger partial charge in [-0.3, -0.25) is 14.4 Å². The van der Waals surface area contributed by atoms with E-state index in [-0.39, 0.29) is 12.3 Å². The van der Waals surface area contributed by atoms with E-state index < -0.39 is 17.9 Å². The number of hydrogen-bond acceptors (Lipinski definition) is 4. The van der Waals surface area contributed by atoms with E-state index in [9.17, 15) is 14.4 Å². The van der Waals surface area contributed by atoms with E-state index in [1.165, 1.54) is 19.1 Å². The zero-order valence-corrected chi connectivity index (χ0v) is 15.4. The molecule has 0 radical (unpaired) electrons. The summed E-state index contributed by atoms with van der Waals surface area (Å²) < 4.78 is 5.26. The molecule has 0 bridgehead atoms. The van der Waals surface area contributed by atoms with Gasteiger partial charge in [-0.05, 0) is 55.3 Å². The van der Waals surface area contributed by atoms with E-state index >= 15 is 0 Å². The minimum absolute atomic E-state index is 0.189. The van der Waals surface area contributed by atoms with E-state index in [4.69, 9.17) is 9.84 Å². The van der Waals surface area contributed by atoms with E-state index in [0.717, 1.165) is 16.9 Å². The number of amides is 2. The number of hydrogen-bond donors (Lipinski definition) is 3. The predicted octanol–water partition coefficient (Wildman–Crippen LogP) is 2.39. The van der Waals surface area contributed by atoms with Crippen LogP contribution in [0.4, 0.5) is 5.69 Å². The molecule has 2 amide bonds. The lowest BCUT2D eigenvalue weighted by Crippen LogP contribution is -2.38. The van der Waals surface area contributed by atoms with Crippen LogP contribution in [0.1, 0.15) is 28.4 Å². The van der Waals surface area contributed by atoms with Crippen molar-refractivity contribution in [1.29, 1.82) is 0 Å². The van der Waals surface area contributed by atoms with Gasteiger partial charge in [-0.1, -0.05) is 12.1 Å². The summed E-state index contributed by atoms with van der Waals surface area (Å²) >= 11 is 0. The van der Waals surface area contributed by atoms with Crippen LogP contribution in [0.3, 0.4) is 0 Å². The molecule has 142 valence electrons. The van der Waals surface area contributed by atoms with Crippen molar-refractivity contribution in [2.75, 3.05) is 12.4 Å². The van der Waals surface area contributed by atoms with Gasteiger partial charge in [0.2, 0.25) is 5.91 Å². The lowest BCUT2D eigenvalue weighted by molar-refractivity contribution is -0.138. The first-order valence-electron chi connectivity index (χ1n) is 8.37. The van der Waals surface area contributed by atoms with Gasteiger partial charge >= 0.3 is 5.97 Å². The highest BCUT2D eigenvalue weighted by Gasteiger charge is 2.15. The van der Waals surface area contributed by atoms with Crippen LogP contribution >= 0.6 is 0 Å². The van der Waals surface area contributed by atoms with Crippen molar-refractivity contribution in [3.05, 3.63) is 59.2 Å². The van der Waals surface area contributed by atoms with Crippen LogP contribution in [0.25, 0.3) is 0 Å². The third-order valence-corrected chi connectivity index (χ3v) is 3.99. The maximum atomic E-state index is 12.2. The smallest absolute Gasteiger partial charge is 0.325 e. The highest BCUT2D eigenvalue weighted by Crippen LogP contribution is 2.19. The van der Waals surface area contributed by atoms with Crippen LogP contribution in [-0.2, 0) is 16.0 Å². The number of benzene rings is 2. The molecule has 0 fully saturated rings. The molecule has 0 aliphatic rings. The molecule has 7 heteroatoms. The average Bonchev–Trinajstić information content (AvgIpc) is 2.63. The molecule has 1 unspecified atom stereocenters. The van der Waals surface area contributed by atoms with Gasteiger partial charge in [-0.25, -0.2) is 0 Å². The Balaban J connectivity index is 1.96. The standard InChI is InChI=1S/C20H22N2O5/c1-12-4-5-14(10-17(12)27-3)11-18(23)22-16-8-6-15(7-9-16)19(24)21-13(2)20(25)26/h4-10,13H,11H2,1-3H3,(H,21,24)(H,22,23)(H,25,26). The van der Waals surface area contributed by atoms with E-state index in [1.807, 2.05) is 25.1 Å². The normalized spacial score (nSPS) is 11.4. The molecule has 3 N–H and O–H groups in total. The van der Waals surface area contributed by atoms with Crippen LogP contribution < -0.4 is 15.4 Å². The molecule has 0 saturated carbocycles. The van der Waals surface area contributed by atoms with Gasteiger partial charge in [-0.15, -0.1) is 0 Å². The Morgan fingerprint density at radius 3 is 2.37 bits per heavy atom. The first kappa shape index (κ1) is 20.0. The fourth-order valence-corrected chi connectivity index (χ4v) is 2.41. The monoisotopic (exact) mass is 370 g/mol. The fourth-order valence-electron chi connectivity index (χ4n) is 2.41. The summed E-state index contributed by atoms with van der Waals surface area (Å²) in [5.74, 6) is -1.07. The summed E-state index contributed by atoms with van der Waals surface area (Å²) in [5, 5.41) is 13.9. The summed E-state index contributed by atoms with van der Waals surface area (Å²) in [6.45, 7) is 3.31. The molecule has 2 aromatic carbocycles. The van der Waals surface area contributed by atoms with Crippen molar-refractivity contribution in [2.45, 2.75) is 26.3 Å². The zero-order valence-electron chi connectivity index (χ0n) is 15.4. The number of carbonyl (C=O) groups is 3. The maximum Gasteiger partial charge on any atom is 0.325 e. The number of aryl methyl sites for hydroxylation is 1. The molecule has 0 aliphatic carbocycles. The van der Waals surface area contributed by atoms with Crippen molar-refractivity contribution in [3.63, 3.8) is 0 Å². The van der Waals surface area contributed by atoms with E-state index in [0.29, 0.717) is 11.3 Å². The summed E-state index contributed by atoms with van der Waals surface area (Å²) in [6, 6.07) is 10.8. The first-order valence-corrected chi connectivity index (χ1v) is 8.37. The van der Waals surface area contributed by atoms with Crippen LogP contribution in [-0.4, -0.2) is 36.0 Å². The molecular formula is C20H22N2O5. The number of carbonyl (C=O) groups excluding carboxylic acids is 2. The Hall–Kier alpha value is -3.35. The summed E-state index contributed by atoms with van der Waals surface area (Å²) in [4.78, 5) is 34.9. The van der Waals surface area contributed by atoms with Crippen LogP contribution in [0.5, 0.6) is 5.75 Å². The van der Waals surface area contributed by atoms with Gasteiger partial charge in [0.05, 0.1) is 13.5 Å². The van der Waals surface area contributed by atoms with E-state index in [2.05, 4.69) is 10.6 Å². The summed E-state index contributed by atoms with van der Waals surface area (Å²) in [6.07, 6.45) is 0.189. The molecular weight excluding hydrogens is 348 g/mol. The van der Waals surface area contributed by atoms with Gasteiger partial charge < -0.3 is 20.5 Å². The molecule has 0 aliphatic heterocycles. The summed E-state index contributed by atoms with van der Waals surface area (Å²) in [5.41, 5.74) is 2.67. The Bertz CT molecular complexity index is 846. The van der Waals surface area contributed by atoms with Crippen molar-refractivity contribution in [2.24, 2.45) is 0 Å². The summed E-state index contributed by atoms with van der Waals surface area (Å²) in [7, 11) is 1.58. The third kappa shape index (κ3) is 5.57. The number of aliphatic carboxylic acids is 1. The van der Waals surface area contributed by atoms with Crippen LogP contribution in [0.2, 0.25) is 0 Å². The number of ether oxygens (including phenoxy) is 1. The van der Waals surface area contributed by atoms with E-state index in [1.54, 1.807) is 19.2 Å². The van der Waals surface area contributed by atoms with Crippen molar-refractivity contribution in [1.82, 2.24) is 5.32 Å². The van der Waals surface area contributed by atoms with Crippen molar-refractivity contribution >= 4 is 23.5 Å². The van der Waals surface area contributed by atoms with Gasteiger partial charge in [0, 0.05) is 11.3 Å². The molecule has 27 heavy (non-hydrogen) atoms. The molecule has 0 heterocycles. The molecule has 0 saturated heterocycles. The number of nitrogens with one attached hydrogen (secondary N) is 2. The van der Waals surface area contributed by atoms with Crippen LogP contribution in [0.15, 0.2) is 42.5 Å². The number of carboxylic acids is 1. The Morgan fingerprint density at radius 1 is 1.11 bits per heavy atom. The highest BCUT2D eigenvalue weighted by molar-refractivity contribution is 5.97. The zero-order chi connectivity index (χ0) is 20.0. The molecule has 1 atom stereocenters. The number of methoxy groups -OCH3 is 1. The molecule has 2 rings (SSSR count). The molecule has 2 aromatic rings. The van der Waals surface area contributed by atoms with Crippen LogP contribution in [0, 0.1) is 6.92 Å². The third-order valence-electron chi connectivity index (χ3n) is 3.99. The number of carboxylic acid groups (broad SMARTS) is 1. The second-order valence-corrected chi connectivity index (χ2v) is 6.14. The Morgan fingerprint density at radius 2 is 1.78 bits per heavy atom. The molecule has 0 aromatic heterocycles. The minimum Gasteiger partial charge on any atom is -0.496 e. The largest absolute Gasteiger partial charge is 0.496 e. The predicted molar refractivity (Wildman–Crippen MR) is 101 cm³/mol. The van der Waals surface area contributed by atoms with Crippen molar-refractivity contribution in [3.8, 4) is 5.75 Å². The van der Waals surface area contributed by atoms with Gasteiger partial charge in [0.1, 0.15) is 11.8 Å². The molecule has 7 nitrogen and oxygen atoms in total. The second kappa shape index (κ2) is 8.84. The fraction of sp³-hybridized carbons (Fsp3) is 0.250. The maximum absolute atomic E-state index is 12.2. The van der Waals surface area contributed by atoms with Gasteiger partial charge in [0.15, 0.2) is 0 Å². The average molecular weight is 370 g/mol. The highest BCUT2D eigenvalue weighted by atomic mass is 16.5.